The van der Waals surface area contributed by atoms with E-state index in [0.29, 0.717) is 49.4 Å². The molecular weight excluding hydrogens is 497 g/mol. The molecule has 2 aromatic rings. The summed E-state index contributed by atoms with van der Waals surface area (Å²) >= 11 is 12.7. The minimum atomic E-state index is -1.44. The standard InChI is InChI=1S/C24H29Cl2N3O6/c1-6-32-16-12-17(25)22(19(13-16)33-7-2)27-24(31)21(14(5)30)29-28-15-10-18(26)23(35-9-4)20(11-15)34-8-3/h10-13,21H,6-9H2,1-5H3,(H,27,31). The van der Waals surface area contributed by atoms with Crippen molar-refractivity contribution in [3.63, 3.8) is 0 Å². The smallest absolute Gasteiger partial charge is 0.258 e. The van der Waals surface area contributed by atoms with Crippen molar-refractivity contribution < 1.29 is 28.5 Å². The number of hydrogen-bond donors (Lipinski definition) is 1. The molecule has 9 nitrogen and oxygen atoms in total. The lowest BCUT2D eigenvalue weighted by molar-refractivity contribution is -0.126. The third kappa shape index (κ3) is 7.73. The van der Waals surface area contributed by atoms with Crippen molar-refractivity contribution in [2.24, 2.45) is 10.2 Å². The molecule has 0 spiro atoms. The molecule has 0 saturated carbocycles. The summed E-state index contributed by atoms with van der Waals surface area (Å²) < 4.78 is 22.2. The van der Waals surface area contributed by atoms with Gasteiger partial charge in [0.25, 0.3) is 5.91 Å². The van der Waals surface area contributed by atoms with Crippen molar-refractivity contribution in [2.75, 3.05) is 31.7 Å². The Kier molecular flexibility index (Phi) is 11.1. The van der Waals surface area contributed by atoms with Crippen LogP contribution in [0.25, 0.3) is 0 Å². The number of halogens is 2. The summed E-state index contributed by atoms with van der Waals surface area (Å²) in [4.78, 5) is 25.2. The van der Waals surface area contributed by atoms with Crippen LogP contribution in [0.4, 0.5) is 11.4 Å². The van der Waals surface area contributed by atoms with Crippen molar-refractivity contribution in [3.8, 4) is 23.0 Å². The van der Waals surface area contributed by atoms with Crippen LogP contribution in [0.2, 0.25) is 10.0 Å². The molecule has 0 bridgehead atoms. The molecule has 0 aromatic heterocycles. The summed E-state index contributed by atoms with van der Waals surface area (Å²) in [6.07, 6.45) is 0. The molecule has 35 heavy (non-hydrogen) atoms. The van der Waals surface area contributed by atoms with E-state index in [2.05, 4.69) is 15.5 Å². The van der Waals surface area contributed by atoms with E-state index in [1.165, 1.54) is 13.0 Å². The molecule has 0 aliphatic carbocycles. The highest BCUT2D eigenvalue weighted by Crippen LogP contribution is 2.40. The Balaban J connectivity index is 2.34. The maximum absolute atomic E-state index is 13.0. The van der Waals surface area contributed by atoms with Crippen molar-refractivity contribution in [2.45, 2.75) is 40.7 Å². The van der Waals surface area contributed by atoms with Gasteiger partial charge in [-0.15, -0.1) is 0 Å². The van der Waals surface area contributed by atoms with E-state index in [-0.39, 0.29) is 21.4 Å². The lowest BCUT2D eigenvalue weighted by Gasteiger charge is -2.16. The molecule has 1 atom stereocenters. The summed E-state index contributed by atoms with van der Waals surface area (Å²) in [6.45, 7) is 10.0. The fourth-order valence-corrected chi connectivity index (χ4v) is 3.50. The molecule has 190 valence electrons. The molecule has 1 unspecified atom stereocenters. The van der Waals surface area contributed by atoms with Crippen LogP contribution in [0, 0.1) is 0 Å². The molecule has 11 heteroatoms. The summed E-state index contributed by atoms with van der Waals surface area (Å²) in [5.74, 6) is 0.296. The molecular formula is C24H29Cl2N3O6. The van der Waals surface area contributed by atoms with Crippen molar-refractivity contribution >= 4 is 46.3 Å². The maximum Gasteiger partial charge on any atom is 0.258 e. The largest absolute Gasteiger partial charge is 0.494 e. The van der Waals surface area contributed by atoms with Crippen LogP contribution >= 0.6 is 23.2 Å². The van der Waals surface area contributed by atoms with E-state index < -0.39 is 17.7 Å². The number of carbonyl (C=O) groups excluding carboxylic acids is 2. The highest BCUT2D eigenvalue weighted by molar-refractivity contribution is 6.34. The fourth-order valence-electron chi connectivity index (χ4n) is 2.99. The lowest BCUT2D eigenvalue weighted by Crippen LogP contribution is -2.32. The molecule has 0 aliphatic rings. The lowest BCUT2D eigenvalue weighted by atomic mass is 10.2. The van der Waals surface area contributed by atoms with Gasteiger partial charge in [0.05, 0.1) is 42.2 Å². The Morgan fingerprint density at radius 2 is 1.49 bits per heavy atom. The predicted octanol–water partition coefficient (Wildman–Crippen LogP) is 6.27. The second kappa shape index (κ2) is 13.7. The third-order valence-electron chi connectivity index (χ3n) is 4.39. The highest BCUT2D eigenvalue weighted by Gasteiger charge is 2.26. The Morgan fingerprint density at radius 1 is 0.857 bits per heavy atom. The zero-order valence-electron chi connectivity index (χ0n) is 20.3. The first-order chi connectivity index (χ1) is 16.7. The molecule has 1 N–H and O–H groups in total. The first-order valence-electron chi connectivity index (χ1n) is 11.2. The van der Waals surface area contributed by atoms with Gasteiger partial charge < -0.3 is 24.3 Å². The minimum absolute atomic E-state index is 0.187. The van der Waals surface area contributed by atoms with Crippen molar-refractivity contribution in [3.05, 3.63) is 34.3 Å². The van der Waals surface area contributed by atoms with E-state index >= 15 is 0 Å². The van der Waals surface area contributed by atoms with Gasteiger partial charge in [-0.1, -0.05) is 23.2 Å². The molecule has 0 radical (unpaired) electrons. The molecule has 1 amide bonds. The number of amides is 1. The zero-order chi connectivity index (χ0) is 26.0. The maximum atomic E-state index is 13.0. The SMILES string of the molecule is CCOc1cc(Cl)c(NC(=O)C(N=Nc2cc(Cl)c(OCC)c(OCC)c2)C(C)=O)c(OCC)c1. The number of hydrogen-bond acceptors (Lipinski definition) is 8. The molecule has 2 rings (SSSR count). The average molecular weight is 526 g/mol. The van der Waals surface area contributed by atoms with E-state index in [4.69, 9.17) is 42.1 Å². The van der Waals surface area contributed by atoms with Gasteiger partial charge in [-0.2, -0.15) is 10.2 Å². The fraction of sp³-hybridized carbons (Fsp3) is 0.417. The first-order valence-corrected chi connectivity index (χ1v) is 11.9. The van der Waals surface area contributed by atoms with E-state index in [1.807, 2.05) is 20.8 Å². The quantitative estimate of drug-likeness (QED) is 0.244. The first kappa shape index (κ1) is 28.2. The topological polar surface area (TPSA) is 108 Å². The summed E-state index contributed by atoms with van der Waals surface area (Å²) in [5.41, 5.74) is 0.487. The van der Waals surface area contributed by atoms with Crippen LogP contribution < -0.4 is 24.3 Å². The van der Waals surface area contributed by atoms with E-state index in [1.54, 1.807) is 25.1 Å². The predicted molar refractivity (Wildman–Crippen MR) is 135 cm³/mol. The Bertz CT molecular complexity index is 1080. The number of rotatable bonds is 13. The van der Waals surface area contributed by atoms with Crippen LogP contribution in [-0.2, 0) is 9.59 Å². The van der Waals surface area contributed by atoms with Crippen LogP contribution in [0.3, 0.4) is 0 Å². The Hall–Kier alpha value is -3.04. The molecule has 0 aliphatic heterocycles. The molecule has 2 aromatic carbocycles. The van der Waals surface area contributed by atoms with Crippen LogP contribution in [0.1, 0.15) is 34.6 Å². The average Bonchev–Trinajstić information content (AvgIpc) is 2.79. The minimum Gasteiger partial charge on any atom is -0.494 e. The van der Waals surface area contributed by atoms with Crippen LogP contribution in [0.5, 0.6) is 23.0 Å². The van der Waals surface area contributed by atoms with Crippen molar-refractivity contribution in [1.29, 1.82) is 0 Å². The summed E-state index contributed by atoms with van der Waals surface area (Å²) in [6, 6.07) is 4.79. The van der Waals surface area contributed by atoms with Crippen LogP contribution in [-0.4, -0.2) is 44.2 Å². The number of carbonyl (C=O) groups is 2. The van der Waals surface area contributed by atoms with Gasteiger partial charge in [-0.25, -0.2) is 0 Å². The number of Topliss-reactive ketones (excluding diaryl/α,β-unsaturated/α-hetero) is 1. The number of nitrogens with one attached hydrogen (secondary N) is 1. The van der Waals surface area contributed by atoms with E-state index in [9.17, 15) is 9.59 Å². The highest BCUT2D eigenvalue weighted by atomic mass is 35.5. The Morgan fingerprint density at radius 3 is 2.09 bits per heavy atom. The third-order valence-corrected chi connectivity index (χ3v) is 4.97. The summed E-state index contributed by atoms with van der Waals surface area (Å²) in [5, 5.41) is 11.1. The second-order valence-electron chi connectivity index (χ2n) is 6.98. The van der Waals surface area contributed by atoms with Gasteiger partial charge in [0.2, 0.25) is 6.04 Å². The van der Waals surface area contributed by atoms with Gasteiger partial charge in [-0.3, -0.25) is 9.59 Å². The summed E-state index contributed by atoms with van der Waals surface area (Å²) in [7, 11) is 0. The van der Waals surface area contributed by atoms with Gasteiger partial charge in [0, 0.05) is 18.2 Å². The normalized spacial score (nSPS) is 11.7. The number of azo groups is 1. The van der Waals surface area contributed by atoms with Gasteiger partial charge in [0.1, 0.15) is 17.2 Å². The van der Waals surface area contributed by atoms with Gasteiger partial charge >= 0.3 is 0 Å². The number of ketones is 1. The van der Waals surface area contributed by atoms with Gasteiger partial charge in [-0.05, 0) is 40.7 Å². The van der Waals surface area contributed by atoms with Crippen LogP contribution in [0.15, 0.2) is 34.5 Å². The van der Waals surface area contributed by atoms with E-state index in [0.717, 1.165) is 0 Å². The number of nitrogens with zero attached hydrogens (tertiary/aromatic N) is 2. The monoisotopic (exact) mass is 525 g/mol. The number of anilines is 1. The molecule has 0 fully saturated rings. The van der Waals surface area contributed by atoms with Gasteiger partial charge in [0.15, 0.2) is 17.3 Å². The van der Waals surface area contributed by atoms with Crippen molar-refractivity contribution in [1.82, 2.24) is 0 Å². The zero-order valence-corrected chi connectivity index (χ0v) is 21.8. The Labute approximate surface area is 214 Å². The second-order valence-corrected chi connectivity index (χ2v) is 7.80. The molecule has 0 heterocycles. The number of ether oxygens (including phenoxy) is 4. The number of benzene rings is 2. The molecule has 0 saturated heterocycles.